The summed E-state index contributed by atoms with van der Waals surface area (Å²) in [6.07, 6.45) is 0. The first-order valence-electron chi connectivity index (χ1n) is 3.32. The molecule has 0 aromatic rings. The topological polar surface area (TPSA) is 20.3 Å². The number of rotatable bonds is 1. The minimum Gasteiger partial charge on any atom is -0.329 e. The highest BCUT2D eigenvalue weighted by atomic mass is 127. The summed E-state index contributed by atoms with van der Waals surface area (Å²) in [5, 5.41) is 0.546. The van der Waals surface area contributed by atoms with Crippen LogP contribution in [0.2, 0.25) is 0 Å². The van der Waals surface area contributed by atoms with E-state index in [1.54, 1.807) is 0 Å². The molecule has 1 unspecified atom stereocenters. The molecule has 56 valence electrons. The van der Waals surface area contributed by atoms with Gasteiger partial charge in [0.15, 0.2) is 0 Å². The SMILES string of the molecule is O=C1C(CI)[C@@H]2SCCN12. The van der Waals surface area contributed by atoms with Crippen LogP contribution in [0.4, 0.5) is 0 Å². The van der Waals surface area contributed by atoms with Crippen LogP contribution in [0.5, 0.6) is 0 Å². The van der Waals surface area contributed by atoms with E-state index in [0.717, 1.165) is 16.7 Å². The van der Waals surface area contributed by atoms with E-state index >= 15 is 0 Å². The summed E-state index contributed by atoms with van der Waals surface area (Å²) in [5.41, 5.74) is 0. The Balaban J connectivity index is 2.08. The minimum atomic E-state index is 0.341. The van der Waals surface area contributed by atoms with Gasteiger partial charge in [-0.2, -0.15) is 0 Å². The fourth-order valence-corrected chi connectivity index (χ4v) is 4.03. The molecule has 10 heavy (non-hydrogen) atoms. The number of carbonyl (C=O) groups excluding carboxylic acids is 1. The second kappa shape index (κ2) is 2.55. The number of amides is 1. The Hall–Kier alpha value is 0.550. The van der Waals surface area contributed by atoms with Gasteiger partial charge >= 0.3 is 0 Å². The van der Waals surface area contributed by atoms with Crippen molar-refractivity contribution in [1.29, 1.82) is 0 Å². The highest BCUT2D eigenvalue weighted by molar-refractivity contribution is 14.1. The van der Waals surface area contributed by atoms with E-state index in [1.807, 2.05) is 16.7 Å². The first-order chi connectivity index (χ1) is 4.84. The minimum absolute atomic E-state index is 0.341. The molecule has 2 saturated heterocycles. The van der Waals surface area contributed by atoms with Crippen LogP contribution in [0.3, 0.4) is 0 Å². The molecular weight excluding hydrogens is 261 g/mol. The maximum atomic E-state index is 11.2. The van der Waals surface area contributed by atoms with Crippen LogP contribution in [0, 0.1) is 5.92 Å². The van der Waals surface area contributed by atoms with Crippen molar-refractivity contribution in [2.24, 2.45) is 5.92 Å². The van der Waals surface area contributed by atoms with Gasteiger partial charge in [0.1, 0.15) is 0 Å². The van der Waals surface area contributed by atoms with Crippen molar-refractivity contribution in [3.63, 3.8) is 0 Å². The zero-order chi connectivity index (χ0) is 7.14. The summed E-state index contributed by atoms with van der Waals surface area (Å²) in [6.45, 7) is 0.987. The molecule has 0 spiro atoms. The van der Waals surface area contributed by atoms with Gasteiger partial charge in [-0.15, -0.1) is 11.8 Å². The molecular formula is C6H8INOS. The number of nitrogens with zero attached hydrogens (tertiary/aromatic N) is 1. The van der Waals surface area contributed by atoms with Gasteiger partial charge in [-0.1, -0.05) is 22.6 Å². The van der Waals surface area contributed by atoms with Crippen molar-refractivity contribution in [3.8, 4) is 0 Å². The van der Waals surface area contributed by atoms with Crippen molar-refractivity contribution in [2.45, 2.75) is 5.37 Å². The van der Waals surface area contributed by atoms with Gasteiger partial charge < -0.3 is 4.90 Å². The van der Waals surface area contributed by atoms with Crippen molar-refractivity contribution in [3.05, 3.63) is 0 Å². The van der Waals surface area contributed by atoms with E-state index in [-0.39, 0.29) is 0 Å². The molecule has 2 atom stereocenters. The lowest BCUT2D eigenvalue weighted by Gasteiger charge is -2.40. The Labute approximate surface area is 77.9 Å². The van der Waals surface area contributed by atoms with Gasteiger partial charge in [0.2, 0.25) is 5.91 Å². The lowest BCUT2D eigenvalue weighted by atomic mass is 10.0. The number of carbonyl (C=O) groups is 1. The Morgan fingerprint density at radius 2 is 2.60 bits per heavy atom. The third-order valence-corrected chi connectivity index (χ3v) is 4.33. The van der Waals surface area contributed by atoms with Gasteiger partial charge in [-0.05, 0) is 0 Å². The number of hydrogen-bond acceptors (Lipinski definition) is 2. The third-order valence-electron chi connectivity index (χ3n) is 2.04. The molecule has 2 rings (SSSR count). The molecule has 0 saturated carbocycles. The molecule has 2 nitrogen and oxygen atoms in total. The summed E-state index contributed by atoms with van der Waals surface area (Å²) in [4.78, 5) is 13.2. The predicted molar refractivity (Wildman–Crippen MR) is 50.3 cm³/mol. The highest BCUT2D eigenvalue weighted by Crippen LogP contribution is 2.40. The van der Waals surface area contributed by atoms with Gasteiger partial charge in [-0.3, -0.25) is 4.79 Å². The molecule has 0 radical (unpaired) electrons. The maximum absolute atomic E-state index is 11.2. The molecule has 1 amide bonds. The van der Waals surface area contributed by atoms with E-state index in [0.29, 0.717) is 17.2 Å². The van der Waals surface area contributed by atoms with Crippen LogP contribution < -0.4 is 0 Å². The summed E-state index contributed by atoms with van der Waals surface area (Å²) < 4.78 is 0.991. The number of β-lactam (4-membered cyclic amide) rings is 1. The smallest absolute Gasteiger partial charge is 0.230 e. The van der Waals surface area contributed by atoms with Crippen LogP contribution in [0.25, 0.3) is 0 Å². The molecule has 4 heteroatoms. The number of hydrogen-bond donors (Lipinski definition) is 0. The normalized spacial score (nSPS) is 37.7. The van der Waals surface area contributed by atoms with Crippen LogP contribution in [0.15, 0.2) is 0 Å². The second-order valence-corrected chi connectivity index (χ2v) is 4.66. The van der Waals surface area contributed by atoms with Crippen molar-refractivity contribution < 1.29 is 4.79 Å². The van der Waals surface area contributed by atoms with Crippen molar-refractivity contribution in [2.75, 3.05) is 16.7 Å². The van der Waals surface area contributed by atoms with Crippen LogP contribution in [-0.4, -0.2) is 32.9 Å². The first-order valence-corrected chi connectivity index (χ1v) is 5.90. The first kappa shape index (κ1) is 7.21. The molecule has 0 aromatic heterocycles. The Kier molecular flexibility index (Phi) is 1.84. The maximum Gasteiger partial charge on any atom is 0.230 e. The monoisotopic (exact) mass is 269 g/mol. The van der Waals surface area contributed by atoms with Crippen molar-refractivity contribution in [1.82, 2.24) is 4.90 Å². The number of thioether (sulfide) groups is 1. The molecule has 2 aliphatic rings. The molecule has 2 heterocycles. The zero-order valence-electron chi connectivity index (χ0n) is 5.42. The van der Waals surface area contributed by atoms with Crippen LogP contribution in [0.1, 0.15) is 0 Å². The van der Waals surface area contributed by atoms with Crippen LogP contribution in [-0.2, 0) is 4.79 Å². The Bertz CT molecular complexity index is 175. The number of halogens is 1. The zero-order valence-corrected chi connectivity index (χ0v) is 8.39. The quantitative estimate of drug-likeness (QED) is 0.401. The highest BCUT2D eigenvalue weighted by Gasteiger charge is 2.49. The summed E-state index contributed by atoms with van der Waals surface area (Å²) in [6, 6.07) is 0. The molecule has 0 N–H and O–H groups in total. The van der Waals surface area contributed by atoms with Crippen LogP contribution >= 0.6 is 34.4 Å². The van der Waals surface area contributed by atoms with E-state index < -0.39 is 0 Å². The largest absolute Gasteiger partial charge is 0.329 e. The van der Waals surface area contributed by atoms with E-state index in [4.69, 9.17) is 0 Å². The van der Waals surface area contributed by atoms with E-state index in [2.05, 4.69) is 22.6 Å². The Morgan fingerprint density at radius 1 is 1.80 bits per heavy atom. The molecule has 0 aliphatic carbocycles. The van der Waals surface area contributed by atoms with Gasteiger partial charge in [0, 0.05) is 16.7 Å². The second-order valence-electron chi connectivity index (χ2n) is 2.55. The third kappa shape index (κ3) is 0.809. The summed E-state index contributed by atoms with van der Waals surface area (Å²) >= 11 is 4.22. The molecule has 2 aliphatic heterocycles. The fraction of sp³-hybridized carbons (Fsp3) is 0.833. The lowest BCUT2D eigenvalue weighted by molar-refractivity contribution is -0.147. The molecule has 2 fully saturated rings. The molecule has 0 bridgehead atoms. The summed E-state index contributed by atoms with van der Waals surface area (Å²) in [7, 11) is 0. The predicted octanol–water partition coefficient (Wildman–Crippen LogP) is 0.953. The lowest BCUT2D eigenvalue weighted by Crippen LogP contribution is -2.56. The Morgan fingerprint density at radius 3 is 3.30 bits per heavy atom. The number of fused-ring (bicyclic) bond motifs is 1. The van der Waals surface area contributed by atoms with E-state index in [1.165, 1.54) is 0 Å². The van der Waals surface area contributed by atoms with E-state index in [9.17, 15) is 4.79 Å². The standard InChI is InChI=1S/C6H8INOS/c7-3-4-5(9)8-1-2-10-6(4)8/h4,6H,1-3H2/t4?,6-/m0/s1. The number of alkyl halides is 1. The average molecular weight is 269 g/mol. The fourth-order valence-electron chi connectivity index (χ4n) is 1.45. The summed E-state index contributed by atoms with van der Waals surface area (Å²) in [5.74, 6) is 1.86. The molecule has 0 aromatic carbocycles. The van der Waals surface area contributed by atoms with Gasteiger partial charge in [0.05, 0.1) is 11.3 Å². The van der Waals surface area contributed by atoms with Gasteiger partial charge in [-0.25, -0.2) is 0 Å². The van der Waals surface area contributed by atoms with Crippen molar-refractivity contribution >= 4 is 40.3 Å². The van der Waals surface area contributed by atoms with Gasteiger partial charge in [0.25, 0.3) is 0 Å². The average Bonchev–Trinajstić information content (AvgIpc) is 2.33.